The van der Waals surface area contributed by atoms with Crippen LogP contribution in [0, 0.1) is 11.8 Å². The van der Waals surface area contributed by atoms with Crippen molar-refractivity contribution in [1.29, 1.82) is 0 Å². The van der Waals surface area contributed by atoms with E-state index in [1.54, 1.807) is 5.56 Å². The molecule has 1 aromatic carbocycles. The van der Waals surface area contributed by atoms with E-state index in [0.717, 1.165) is 11.8 Å². The number of benzene rings is 1. The van der Waals surface area contributed by atoms with Crippen molar-refractivity contribution >= 4 is 9.24 Å². The Bertz CT molecular complexity index is 381. The maximum atomic E-state index is 3.37. The molecule has 0 amide bonds. The maximum Gasteiger partial charge on any atom is 0.0153 e. The van der Waals surface area contributed by atoms with E-state index in [1.807, 2.05) is 0 Å². The summed E-state index contributed by atoms with van der Waals surface area (Å²) in [6.07, 6.45) is 14.4. The molecule has 1 unspecified atom stereocenters. The van der Waals surface area contributed by atoms with Crippen molar-refractivity contribution in [3.05, 3.63) is 35.9 Å². The zero-order valence-corrected chi connectivity index (χ0v) is 13.8. The van der Waals surface area contributed by atoms with Crippen LogP contribution in [0.25, 0.3) is 0 Å². The summed E-state index contributed by atoms with van der Waals surface area (Å²) < 4.78 is 0. The Morgan fingerprint density at radius 3 is 1.60 bits per heavy atom. The third-order valence-electron chi connectivity index (χ3n) is 5.84. The highest BCUT2D eigenvalue weighted by Crippen LogP contribution is 2.54. The second kappa shape index (κ2) is 6.61. The summed E-state index contributed by atoms with van der Waals surface area (Å²) in [6.45, 7) is 0. The second-order valence-corrected chi connectivity index (χ2v) is 7.92. The van der Waals surface area contributed by atoms with E-state index < -0.39 is 0 Å². The molecule has 1 heteroatoms. The summed E-state index contributed by atoms with van der Waals surface area (Å²) in [4.78, 5) is 0. The second-order valence-electron chi connectivity index (χ2n) is 6.97. The zero-order chi connectivity index (χ0) is 13.8. The predicted octanol–water partition coefficient (Wildman–Crippen LogP) is 5.92. The van der Waals surface area contributed by atoms with Gasteiger partial charge in [-0.15, -0.1) is 9.24 Å². The summed E-state index contributed by atoms with van der Waals surface area (Å²) in [5, 5.41) is 0.349. The summed E-state index contributed by atoms with van der Waals surface area (Å²) >= 11 is 0. The van der Waals surface area contributed by atoms with Gasteiger partial charge in [0.25, 0.3) is 0 Å². The van der Waals surface area contributed by atoms with Gasteiger partial charge >= 0.3 is 0 Å². The van der Waals surface area contributed by atoms with Gasteiger partial charge in [0.05, 0.1) is 0 Å². The summed E-state index contributed by atoms with van der Waals surface area (Å²) in [5.74, 6) is 1.76. The molecule has 0 saturated heterocycles. The van der Waals surface area contributed by atoms with E-state index in [0.29, 0.717) is 5.16 Å². The molecule has 0 heterocycles. The quantitative estimate of drug-likeness (QED) is 0.606. The number of rotatable bonds is 3. The molecule has 0 nitrogen and oxygen atoms in total. The Kier molecular flexibility index (Phi) is 4.82. The largest absolute Gasteiger partial charge is 0.126 e. The van der Waals surface area contributed by atoms with Crippen LogP contribution < -0.4 is 0 Å². The molecule has 0 N–H and O–H groups in total. The minimum atomic E-state index is 0.349. The molecule has 0 aliphatic heterocycles. The average molecular weight is 288 g/mol. The smallest absolute Gasteiger partial charge is 0.0153 e. The lowest BCUT2D eigenvalue weighted by Gasteiger charge is -2.47. The van der Waals surface area contributed by atoms with Gasteiger partial charge in [0, 0.05) is 5.16 Å². The molecule has 2 aliphatic rings. The highest BCUT2D eigenvalue weighted by atomic mass is 31.0. The minimum absolute atomic E-state index is 0.349. The lowest BCUT2D eigenvalue weighted by Crippen LogP contribution is -2.39. The van der Waals surface area contributed by atoms with E-state index in [-0.39, 0.29) is 0 Å². The molecule has 1 aromatic rings. The molecule has 3 rings (SSSR count). The van der Waals surface area contributed by atoms with E-state index in [9.17, 15) is 0 Å². The Labute approximate surface area is 126 Å². The van der Waals surface area contributed by atoms with Gasteiger partial charge in [0.2, 0.25) is 0 Å². The van der Waals surface area contributed by atoms with Gasteiger partial charge in [-0.3, -0.25) is 0 Å². The first-order valence-electron chi connectivity index (χ1n) is 8.66. The summed E-state index contributed by atoms with van der Waals surface area (Å²) in [7, 11) is 3.37. The van der Waals surface area contributed by atoms with Crippen molar-refractivity contribution in [3.63, 3.8) is 0 Å². The number of hydrogen-bond acceptors (Lipinski definition) is 0. The fourth-order valence-corrected chi connectivity index (χ4v) is 5.55. The van der Waals surface area contributed by atoms with Crippen LogP contribution in [0.15, 0.2) is 30.3 Å². The van der Waals surface area contributed by atoms with Crippen molar-refractivity contribution in [1.82, 2.24) is 0 Å². The Balaban J connectivity index is 1.92. The van der Waals surface area contributed by atoms with Crippen LogP contribution >= 0.6 is 9.24 Å². The van der Waals surface area contributed by atoms with E-state index in [2.05, 4.69) is 39.6 Å². The molecule has 1 atom stereocenters. The normalized spacial score (nSPS) is 22.9. The molecule has 0 radical (unpaired) electrons. The first-order valence-corrected chi connectivity index (χ1v) is 9.24. The van der Waals surface area contributed by atoms with Gasteiger partial charge < -0.3 is 0 Å². The van der Waals surface area contributed by atoms with Crippen molar-refractivity contribution in [2.24, 2.45) is 11.8 Å². The minimum Gasteiger partial charge on any atom is -0.126 e. The van der Waals surface area contributed by atoms with Crippen LogP contribution in [0.1, 0.15) is 69.8 Å². The van der Waals surface area contributed by atoms with E-state index >= 15 is 0 Å². The van der Waals surface area contributed by atoms with Crippen LogP contribution in [0.4, 0.5) is 0 Å². The first kappa shape index (κ1) is 14.6. The monoisotopic (exact) mass is 288 g/mol. The van der Waals surface area contributed by atoms with Gasteiger partial charge in [-0.25, -0.2) is 0 Å². The van der Waals surface area contributed by atoms with Crippen molar-refractivity contribution in [2.45, 2.75) is 69.4 Å². The first-order chi connectivity index (χ1) is 9.82. The lowest BCUT2D eigenvalue weighted by molar-refractivity contribution is 0.174. The van der Waals surface area contributed by atoms with Gasteiger partial charge in [0.15, 0.2) is 0 Å². The van der Waals surface area contributed by atoms with Crippen LogP contribution in [0.5, 0.6) is 0 Å². The van der Waals surface area contributed by atoms with Gasteiger partial charge in [0.1, 0.15) is 0 Å². The number of hydrogen-bond donors (Lipinski definition) is 0. The Morgan fingerprint density at radius 2 is 1.15 bits per heavy atom. The molecule has 0 aromatic heterocycles. The molecule has 110 valence electrons. The van der Waals surface area contributed by atoms with Crippen LogP contribution in [0.2, 0.25) is 0 Å². The van der Waals surface area contributed by atoms with Gasteiger partial charge in [-0.05, 0) is 43.1 Å². The SMILES string of the molecule is PC(c1ccccc1)(C1CCCCC1)C1CCCCC1. The van der Waals surface area contributed by atoms with Gasteiger partial charge in [-0.1, -0.05) is 68.9 Å². The average Bonchev–Trinajstić information content (AvgIpc) is 2.56. The molecule has 20 heavy (non-hydrogen) atoms. The maximum absolute atomic E-state index is 3.37. The molecular formula is C19H29P. The molecule has 2 aliphatic carbocycles. The molecular weight excluding hydrogens is 259 g/mol. The predicted molar refractivity (Wildman–Crippen MR) is 91.0 cm³/mol. The van der Waals surface area contributed by atoms with Crippen LogP contribution in [-0.2, 0) is 5.16 Å². The lowest BCUT2D eigenvalue weighted by atomic mass is 9.66. The van der Waals surface area contributed by atoms with Crippen molar-refractivity contribution < 1.29 is 0 Å². The standard InChI is InChI=1S/C19H29P/c20-19(16-10-4-1-5-11-16,17-12-6-2-7-13-17)18-14-8-3-9-15-18/h1,4-5,10-11,17-18H,2-3,6-9,12-15,20H2. The Hall–Kier alpha value is -0.350. The summed E-state index contributed by atoms with van der Waals surface area (Å²) in [5.41, 5.74) is 1.59. The molecule has 0 spiro atoms. The molecule has 0 bridgehead atoms. The van der Waals surface area contributed by atoms with Gasteiger partial charge in [-0.2, -0.15) is 0 Å². The highest BCUT2D eigenvalue weighted by molar-refractivity contribution is 7.18. The van der Waals surface area contributed by atoms with E-state index in [1.165, 1.54) is 64.2 Å². The van der Waals surface area contributed by atoms with Crippen LogP contribution in [-0.4, -0.2) is 0 Å². The van der Waals surface area contributed by atoms with Crippen molar-refractivity contribution in [3.8, 4) is 0 Å². The third kappa shape index (κ3) is 2.82. The molecule has 2 saturated carbocycles. The Morgan fingerprint density at radius 1 is 0.700 bits per heavy atom. The fourth-order valence-electron chi connectivity index (χ4n) is 4.69. The van der Waals surface area contributed by atoms with Crippen LogP contribution in [0.3, 0.4) is 0 Å². The molecule has 2 fully saturated rings. The zero-order valence-electron chi connectivity index (χ0n) is 12.7. The van der Waals surface area contributed by atoms with Crippen molar-refractivity contribution in [2.75, 3.05) is 0 Å². The summed E-state index contributed by atoms with van der Waals surface area (Å²) in [6, 6.07) is 11.4. The topological polar surface area (TPSA) is 0 Å². The fraction of sp³-hybridized carbons (Fsp3) is 0.684. The highest BCUT2D eigenvalue weighted by Gasteiger charge is 2.43. The third-order valence-corrected chi connectivity index (χ3v) is 7.11. The van der Waals surface area contributed by atoms with E-state index in [4.69, 9.17) is 0 Å².